The van der Waals surface area contributed by atoms with Gasteiger partial charge in [-0.1, -0.05) is 50.2 Å². The molecule has 0 radical (unpaired) electrons. The van der Waals surface area contributed by atoms with Crippen LogP contribution in [0.25, 0.3) is 33.6 Å². The Balaban J connectivity index is 1.53. The number of carbonyl (C=O) groups is 1. The summed E-state index contributed by atoms with van der Waals surface area (Å²) in [7, 11) is 0. The minimum absolute atomic E-state index is 0.251. The number of hydrogen-bond donors (Lipinski definition) is 5. The number of nitrogens with zero attached hydrogens (tertiary/aromatic N) is 2. The van der Waals surface area contributed by atoms with Crippen LogP contribution in [0.3, 0.4) is 0 Å². The van der Waals surface area contributed by atoms with Gasteiger partial charge in [0, 0.05) is 5.56 Å². The molecule has 0 aliphatic heterocycles. The first-order chi connectivity index (χ1) is 17.1. The summed E-state index contributed by atoms with van der Waals surface area (Å²) >= 11 is 0. The molecule has 0 saturated carbocycles. The summed E-state index contributed by atoms with van der Waals surface area (Å²) in [6, 6.07) is 13.3. The van der Waals surface area contributed by atoms with Gasteiger partial charge in [0.15, 0.2) is 0 Å². The summed E-state index contributed by atoms with van der Waals surface area (Å²) in [6.45, 7) is 7.47. The molecule has 2 heterocycles. The molecule has 4 rings (SSSR count). The first kappa shape index (κ1) is 24.4. The maximum Gasteiger partial charge on any atom is 0.336 e. The molecule has 0 unspecified atom stereocenters. The van der Waals surface area contributed by atoms with Crippen molar-refractivity contribution in [1.82, 2.24) is 30.6 Å². The average Bonchev–Trinajstić information content (AvgIpc) is 3.54. The number of carboxylic acid groups (broad SMARTS) is 1. The SMILES string of the molecule is CCCNCc1ncc(-c2ccc(-c3ccc(-c4cnc(CNCCC)[nH]4)cc3C(=O)O)cc2)[nH]1. The molecule has 35 heavy (non-hydrogen) atoms. The molecule has 0 saturated heterocycles. The van der Waals surface area contributed by atoms with Gasteiger partial charge in [0.05, 0.1) is 42.4 Å². The van der Waals surface area contributed by atoms with Crippen LogP contribution in [-0.4, -0.2) is 44.1 Å². The van der Waals surface area contributed by atoms with Gasteiger partial charge in [-0.2, -0.15) is 0 Å². The number of aromatic carboxylic acids is 1. The Kier molecular flexibility index (Phi) is 8.07. The van der Waals surface area contributed by atoms with Gasteiger partial charge in [0.25, 0.3) is 0 Å². The van der Waals surface area contributed by atoms with Crippen LogP contribution < -0.4 is 10.6 Å². The van der Waals surface area contributed by atoms with Gasteiger partial charge >= 0.3 is 5.97 Å². The van der Waals surface area contributed by atoms with Crippen molar-refractivity contribution in [3.05, 3.63) is 72.1 Å². The van der Waals surface area contributed by atoms with Crippen LogP contribution in [0, 0.1) is 0 Å². The number of rotatable bonds is 12. The fraction of sp³-hybridized carbons (Fsp3) is 0.296. The number of aromatic amines is 2. The van der Waals surface area contributed by atoms with Gasteiger partial charge in [-0.05, 0) is 48.7 Å². The molecule has 2 aromatic carbocycles. The highest BCUT2D eigenvalue weighted by Crippen LogP contribution is 2.30. The molecule has 2 aromatic heterocycles. The molecule has 4 aromatic rings. The Morgan fingerprint density at radius 1 is 0.800 bits per heavy atom. The van der Waals surface area contributed by atoms with Crippen LogP contribution in [0.2, 0.25) is 0 Å². The topological polar surface area (TPSA) is 119 Å². The van der Waals surface area contributed by atoms with Gasteiger partial charge < -0.3 is 25.7 Å². The lowest BCUT2D eigenvalue weighted by Crippen LogP contribution is -2.14. The standard InChI is InChI=1S/C27H32N6O2/c1-3-11-28-16-25-30-14-23(32-25)19-7-5-18(6-8-19)21-10-9-20(13-22(21)27(34)35)24-15-31-26(33-24)17-29-12-4-2/h5-10,13-15,28-29H,3-4,11-12,16-17H2,1-2H3,(H,30,32)(H,31,33)(H,34,35). The molecule has 0 spiro atoms. The van der Waals surface area contributed by atoms with Gasteiger partial charge in [0.1, 0.15) is 11.6 Å². The fourth-order valence-electron chi connectivity index (χ4n) is 3.93. The van der Waals surface area contributed by atoms with E-state index < -0.39 is 5.97 Å². The van der Waals surface area contributed by atoms with Gasteiger partial charge in [-0.3, -0.25) is 0 Å². The van der Waals surface area contributed by atoms with Crippen molar-refractivity contribution in [2.45, 2.75) is 39.8 Å². The number of benzene rings is 2. The minimum Gasteiger partial charge on any atom is -0.478 e. The zero-order valence-corrected chi connectivity index (χ0v) is 20.2. The van der Waals surface area contributed by atoms with Crippen LogP contribution in [0.4, 0.5) is 0 Å². The van der Waals surface area contributed by atoms with Gasteiger partial charge in [-0.25, -0.2) is 14.8 Å². The summed E-state index contributed by atoms with van der Waals surface area (Å²) in [5.74, 6) is 0.755. The third-order valence-corrected chi connectivity index (χ3v) is 5.76. The molecule has 8 heteroatoms. The number of nitrogens with one attached hydrogen (secondary N) is 4. The molecular formula is C27H32N6O2. The first-order valence-electron chi connectivity index (χ1n) is 12.1. The minimum atomic E-state index is -0.965. The van der Waals surface area contributed by atoms with Crippen molar-refractivity contribution < 1.29 is 9.90 Å². The van der Waals surface area contributed by atoms with Crippen LogP contribution in [0.5, 0.6) is 0 Å². The number of H-pyrrole nitrogens is 2. The molecule has 182 valence electrons. The maximum atomic E-state index is 12.1. The van der Waals surface area contributed by atoms with E-state index >= 15 is 0 Å². The number of aromatic nitrogens is 4. The lowest BCUT2D eigenvalue weighted by atomic mass is 9.95. The largest absolute Gasteiger partial charge is 0.478 e. The highest BCUT2D eigenvalue weighted by atomic mass is 16.4. The monoisotopic (exact) mass is 472 g/mol. The first-order valence-corrected chi connectivity index (χ1v) is 12.1. The summed E-state index contributed by atoms with van der Waals surface area (Å²) in [4.78, 5) is 27.6. The number of hydrogen-bond acceptors (Lipinski definition) is 5. The Labute approximate surface area is 205 Å². The van der Waals surface area contributed by atoms with E-state index in [0.29, 0.717) is 18.7 Å². The van der Waals surface area contributed by atoms with Crippen LogP contribution in [0.15, 0.2) is 54.9 Å². The van der Waals surface area contributed by atoms with Crippen LogP contribution >= 0.6 is 0 Å². The molecule has 0 fully saturated rings. The number of carboxylic acids is 1. The van der Waals surface area contributed by atoms with E-state index in [2.05, 4.69) is 44.4 Å². The smallest absolute Gasteiger partial charge is 0.336 e. The lowest BCUT2D eigenvalue weighted by molar-refractivity contribution is 0.0697. The summed E-state index contributed by atoms with van der Waals surface area (Å²) in [5, 5.41) is 16.6. The molecule has 0 bridgehead atoms. The molecular weight excluding hydrogens is 440 g/mol. The summed E-state index contributed by atoms with van der Waals surface area (Å²) in [6.07, 6.45) is 5.70. The fourth-order valence-corrected chi connectivity index (χ4v) is 3.93. The quantitative estimate of drug-likeness (QED) is 0.188. The van der Waals surface area contributed by atoms with Crippen molar-refractivity contribution in [2.75, 3.05) is 13.1 Å². The second-order valence-electron chi connectivity index (χ2n) is 8.48. The van der Waals surface area contributed by atoms with Crippen molar-refractivity contribution in [1.29, 1.82) is 0 Å². The van der Waals surface area contributed by atoms with E-state index in [1.807, 2.05) is 42.6 Å². The second kappa shape index (κ2) is 11.6. The Morgan fingerprint density at radius 3 is 1.86 bits per heavy atom. The van der Waals surface area contributed by atoms with Gasteiger partial charge in [-0.15, -0.1) is 0 Å². The highest BCUT2D eigenvalue weighted by molar-refractivity contribution is 5.97. The van der Waals surface area contributed by atoms with E-state index in [9.17, 15) is 9.90 Å². The van der Waals surface area contributed by atoms with Crippen LogP contribution in [-0.2, 0) is 13.1 Å². The Hall–Kier alpha value is -3.75. The zero-order valence-electron chi connectivity index (χ0n) is 20.2. The van der Waals surface area contributed by atoms with Gasteiger partial charge in [0.2, 0.25) is 0 Å². The van der Waals surface area contributed by atoms with E-state index in [4.69, 9.17) is 0 Å². The molecule has 0 aliphatic carbocycles. The normalized spacial score (nSPS) is 11.1. The molecule has 0 amide bonds. The van der Waals surface area contributed by atoms with Crippen molar-refractivity contribution in [2.24, 2.45) is 0 Å². The molecule has 0 aliphatic rings. The average molecular weight is 473 g/mol. The van der Waals surface area contributed by atoms with E-state index in [1.54, 1.807) is 12.3 Å². The van der Waals surface area contributed by atoms with E-state index in [0.717, 1.165) is 65.7 Å². The second-order valence-corrected chi connectivity index (χ2v) is 8.48. The van der Waals surface area contributed by atoms with E-state index in [1.165, 1.54) is 0 Å². The summed E-state index contributed by atoms with van der Waals surface area (Å²) < 4.78 is 0. The van der Waals surface area contributed by atoms with Crippen molar-refractivity contribution >= 4 is 5.97 Å². The lowest BCUT2D eigenvalue weighted by Gasteiger charge is -2.09. The number of imidazole rings is 2. The zero-order chi connectivity index (χ0) is 24.6. The van der Waals surface area contributed by atoms with Crippen LogP contribution in [0.1, 0.15) is 48.7 Å². The summed E-state index contributed by atoms with van der Waals surface area (Å²) in [5.41, 5.74) is 5.29. The predicted octanol–water partition coefficient (Wildman–Crippen LogP) is 4.83. The third-order valence-electron chi connectivity index (χ3n) is 5.76. The maximum absolute atomic E-state index is 12.1. The Bertz CT molecular complexity index is 1260. The molecule has 0 atom stereocenters. The Morgan fingerprint density at radius 2 is 1.31 bits per heavy atom. The predicted molar refractivity (Wildman–Crippen MR) is 138 cm³/mol. The molecule has 8 nitrogen and oxygen atoms in total. The van der Waals surface area contributed by atoms with Crippen molar-refractivity contribution in [3.8, 4) is 33.6 Å². The van der Waals surface area contributed by atoms with Crippen molar-refractivity contribution in [3.63, 3.8) is 0 Å². The molecule has 5 N–H and O–H groups in total. The third kappa shape index (κ3) is 6.03. The van der Waals surface area contributed by atoms with E-state index in [-0.39, 0.29) is 5.56 Å². The highest BCUT2D eigenvalue weighted by Gasteiger charge is 2.15.